The number of thioether (sulfide) groups is 1. The Morgan fingerprint density at radius 3 is 3.00 bits per heavy atom. The first-order valence-electron chi connectivity index (χ1n) is 2.96. The second-order valence-corrected chi connectivity index (χ2v) is 3.74. The standard InChI is InChI=1S/C7H6NS2/c1-2-6(9-4-1)7-8-3-5-10-7/h1-5,8H. The average molecular weight is 168 g/mol. The Hall–Kier alpha value is -0.410. The van der Waals surface area contributed by atoms with E-state index in [0.717, 1.165) is 0 Å². The summed E-state index contributed by atoms with van der Waals surface area (Å²) in [4.78, 5) is 1.31. The summed E-state index contributed by atoms with van der Waals surface area (Å²) in [5.74, 6) is 0. The minimum absolute atomic E-state index is 1.25. The minimum Gasteiger partial charge on any atom is -0.369 e. The van der Waals surface area contributed by atoms with Gasteiger partial charge in [-0.3, -0.25) is 0 Å². The highest BCUT2D eigenvalue weighted by Gasteiger charge is 2.14. The molecule has 0 amide bonds. The molecule has 1 N–H and O–H groups in total. The number of rotatable bonds is 1. The molecule has 10 heavy (non-hydrogen) atoms. The van der Waals surface area contributed by atoms with E-state index in [1.807, 2.05) is 6.20 Å². The molecule has 1 aliphatic heterocycles. The van der Waals surface area contributed by atoms with Crippen LogP contribution in [-0.2, 0) is 0 Å². The molecule has 0 aliphatic carbocycles. The lowest BCUT2D eigenvalue weighted by atomic mass is 10.5. The molecule has 0 unspecified atom stereocenters. The quantitative estimate of drug-likeness (QED) is 0.691. The van der Waals surface area contributed by atoms with Gasteiger partial charge in [-0.1, -0.05) is 17.8 Å². The average Bonchev–Trinajstić information content (AvgIpc) is 2.59. The molecule has 0 saturated carbocycles. The monoisotopic (exact) mass is 168 g/mol. The molecule has 0 atom stereocenters. The molecule has 0 spiro atoms. The van der Waals surface area contributed by atoms with Crippen LogP contribution < -0.4 is 5.32 Å². The fraction of sp³-hybridized carbons (Fsp3) is 0. The first-order valence-corrected chi connectivity index (χ1v) is 4.72. The van der Waals surface area contributed by atoms with Gasteiger partial charge in [0.05, 0.1) is 0 Å². The van der Waals surface area contributed by atoms with Gasteiger partial charge >= 0.3 is 0 Å². The smallest absolute Gasteiger partial charge is 0.161 e. The van der Waals surface area contributed by atoms with Crippen LogP contribution in [0, 0.1) is 5.37 Å². The van der Waals surface area contributed by atoms with Crippen molar-refractivity contribution in [1.29, 1.82) is 0 Å². The van der Waals surface area contributed by atoms with Crippen molar-refractivity contribution in [1.82, 2.24) is 5.32 Å². The van der Waals surface area contributed by atoms with Gasteiger partial charge in [0.1, 0.15) is 0 Å². The van der Waals surface area contributed by atoms with Crippen molar-refractivity contribution in [2.75, 3.05) is 0 Å². The summed E-state index contributed by atoms with van der Waals surface area (Å²) in [7, 11) is 0. The molecule has 1 radical (unpaired) electrons. The third-order valence-corrected chi connectivity index (χ3v) is 3.08. The molecule has 1 aromatic heterocycles. The molecule has 1 aromatic rings. The molecule has 2 heterocycles. The predicted molar refractivity (Wildman–Crippen MR) is 46.5 cm³/mol. The number of hydrogen-bond donors (Lipinski definition) is 1. The van der Waals surface area contributed by atoms with Crippen LogP contribution in [0.4, 0.5) is 0 Å². The van der Waals surface area contributed by atoms with Gasteiger partial charge in [-0.05, 0) is 16.9 Å². The van der Waals surface area contributed by atoms with Crippen LogP contribution in [0.1, 0.15) is 4.88 Å². The SMILES string of the molecule is C1=CS[C](c2cccs2)N1. The number of nitrogens with one attached hydrogen (secondary N) is 1. The molecular formula is C7H6NS2. The Labute approximate surface area is 68.1 Å². The number of thiophene rings is 1. The van der Waals surface area contributed by atoms with Crippen molar-refractivity contribution in [3.8, 4) is 0 Å². The maximum absolute atomic E-state index is 3.17. The third kappa shape index (κ3) is 1.07. The predicted octanol–water partition coefficient (Wildman–Crippen LogP) is 2.39. The molecular weight excluding hydrogens is 162 g/mol. The minimum atomic E-state index is 1.25. The summed E-state index contributed by atoms with van der Waals surface area (Å²) in [5.41, 5.74) is 0. The number of hydrogen-bond acceptors (Lipinski definition) is 3. The van der Waals surface area contributed by atoms with Gasteiger partial charge in [-0.2, -0.15) is 0 Å². The van der Waals surface area contributed by atoms with Crippen molar-refractivity contribution in [3.05, 3.63) is 39.4 Å². The van der Waals surface area contributed by atoms with Crippen molar-refractivity contribution >= 4 is 23.1 Å². The fourth-order valence-corrected chi connectivity index (χ4v) is 2.29. The van der Waals surface area contributed by atoms with E-state index in [9.17, 15) is 0 Å². The first kappa shape index (κ1) is 6.31. The molecule has 2 rings (SSSR count). The van der Waals surface area contributed by atoms with E-state index in [1.54, 1.807) is 23.1 Å². The molecule has 51 valence electrons. The van der Waals surface area contributed by atoms with E-state index in [-0.39, 0.29) is 0 Å². The van der Waals surface area contributed by atoms with Crippen molar-refractivity contribution in [2.24, 2.45) is 0 Å². The Bertz CT molecular complexity index is 220. The normalized spacial score (nSPS) is 17.6. The molecule has 0 fully saturated rings. The van der Waals surface area contributed by atoms with Gasteiger partial charge in [0, 0.05) is 11.1 Å². The molecule has 1 nitrogen and oxygen atoms in total. The molecule has 0 saturated heterocycles. The van der Waals surface area contributed by atoms with E-state index in [0.29, 0.717) is 0 Å². The van der Waals surface area contributed by atoms with Crippen LogP contribution in [0.25, 0.3) is 0 Å². The molecule has 1 aliphatic rings. The van der Waals surface area contributed by atoms with Gasteiger partial charge in [-0.25, -0.2) is 0 Å². The maximum atomic E-state index is 3.17. The highest BCUT2D eigenvalue weighted by molar-refractivity contribution is 8.05. The fourth-order valence-electron chi connectivity index (χ4n) is 0.783. The first-order chi connectivity index (χ1) is 4.97. The highest BCUT2D eigenvalue weighted by atomic mass is 32.2. The summed E-state index contributed by atoms with van der Waals surface area (Å²) in [6, 6.07) is 4.18. The summed E-state index contributed by atoms with van der Waals surface area (Å²) in [6.45, 7) is 0. The Balaban J connectivity index is 2.14. The van der Waals surface area contributed by atoms with Crippen LogP contribution in [0.3, 0.4) is 0 Å². The highest BCUT2D eigenvalue weighted by Crippen LogP contribution is 2.32. The second kappa shape index (κ2) is 2.68. The van der Waals surface area contributed by atoms with E-state index in [2.05, 4.69) is 28.2 Å². The van der Waals surface area contributed by atoms with Crippen LogP contribution in [-0.4, -0.2) is 0 Å². The lowest BCUT2D eigenvalue weighted by molar-refractivity contribution is 1.08. The summed E-state index contributed by atoms with van der Waals surface area (Å²) < 4.78 is 0. The lowest BCUT2D eigenvalue weighted by Gasteiger charge is -2.03. The van der Waals surface area contributed by atoms with Crippen LogP contribution in [0.15, 0.2) is 29.1 Å². The van der Waals surface area contributed by atoms with Crippen LogP contribution in [0.5, 0.6) is 0 Å². The molecule has 0 bridgehead atoms. The van der Waals surface area contributed by atoms with Crippen LogP contribution >= 0.6 is 23.1 Å². The zero-order valence-corrected chi connectivity index (χ0v) is 6.84. The zero-order chi connectivity index (χ0) is 6.81. The van der Waals surface area contributed by atoms with E-state index >= 15 is 0 Å². The summed E-state index contributed by atoms with van der Waals surface area (Å²) >= 11 is 3.50. The lowest BCUT2D eigenvalue weighted by Crippen LogP contribution is -2.05. The van der Waals surface area contributed by atoms with Gasteiger partial charge in [0.15, 0.2) is 5.37 Å². The van der Waals surface area contributed by atoms with Gasteiger partial charge < -0.3 is 5.32 Å². The van der Waals surface area contributed by atoms with Crippen molar-refractivity contribution < 1.29 is 0 Å². The molecule has 0 aromatic carbocycles. The van der Waals surface area contributed by atoms with E-state index in [1.165, 1.54) is 10.3 Å². The topological polar surface area (TPSA) is 12.0 Å². The second-order valence-electron chi connectivity index (χ2n) is 1.87. The van der Waals surface area contributed by atoms with Gasteiger partial charge in [-0.15, -0.1) is 11.3 Å². The Kier molecular flexibility index (Phi) is 1.69. The van der Waals surface area contributed by atoms with Crippen molar-refractivity contribution in [2.45, 2.75) is 0 Å². The van der Waals surface area contributed by atoms with Crippen molar-refractivity contribution in [3.63, 3.8) is 0 Å². The largest absolute Gasteiger partial charge is 0.369 e. The van der Waals surface area contributed by atoms with Gasteiger partial charge in [0.2, 0.25) is 0 Å². The zero-order valence-electron chi connectivity index (χ0n) is 5.20. The molecule has 3 heteroatoms. The summed E-state index contributed by atoms with van der Waals surface area (Å²) in [6.07, 6.45) is 1.96. The van der Waals surface area contributed by atoms with Gasteiger partial charge in [0.25, 0.3) is 0 Å². The maximum Gasteiger partial charge on any atom is 0.161 e. The van der Waals surface area contributed by atoms with Crippen LogP contribution in [0.2, 0.25) is 0 Å². The van der Waals surface area contributed by atoms with E-state index in [4.69, 9.17) is 0 Å². The van der Waals surface area contributed by atoms with E-state index < -0.39 is 0 Å². The third-order valence-electron chi connectivity index (χ3n) is 1.21. The Morgan fingerprint density at radius 1 is 1.40 bits per heavy atom. The Morgan fingerprint density at radius 2 is 2.40 bits per heavy atom. The summed E-state index contributed by atoms with van der Waals surface area (Å²) in [5, 5.41) is 8.55.